The lowest BCUT2D eigenvalue weighted by Gasteiger charge is -2.25. The van der Waals surface area contributed by atoms with Gasteiger partial charge in [-0.1, -0.05) is 110 Å². The second kappa shape index (κ2) is 20.9. The lowest BCUT2D eigenvalue weighted by atomic mass is 10.1. The molecule has 0 saturated carbocycles. The third kappa shape index (κ3) is 16.5. The van der Waals surface area contributed by atoms with Crippen LogP contribution in [0, 0.1) is 0 Å². The fourth-order valence-electron chi connectivity index (χ4n) is 4.32. The van der Waals surface area contributed by atoms with Gasteiger partial charge in [0, 0.05) is 18.8 Å². The number of benzene rings is 1. The van der Waals surface area contributed by atoms with E-state index in [4.69, 9.17) is 9.84 Å². The molecule has 0 aliphatic carbocycles. The fourth-order valence-corrected chi connectivity index (χ4v) is 4.32. The summed E-state index contributed by atoms with van der Waals surface area (Å²) in [5.41, 5.74) is 1.22. The Bertz CT molecular complexity index is 573. The van der Waals surface area contributed by atoms with Gasteiger partial charge >= 0.3 is 5.97 Å². The van der Waals surface area contributed by atoms with Crippen molar-refractivity contribution in [3.8, 4) is 5.75 Å². The first-order valence-corrected chi connectivity index (χ1v) is 13.9. The van der Waals surface area contributed by atoms with E-state index in [0.29, 0.717) is 5.75 Å². The van der Waals surface area contributed by atoms with Crippen LogP contribution < -0.4 is 9.64 Å². The number of ether oxygens (including phenoxy) is 1. The highest BCUT2D eigenvalue weighted by molar-refractivity contribution is 5.68. The zero-order valence-electron chi connectivity index (χ0n) is 21.7. The van der Waals surface area contributed by atoms with Crippen LogP contribution in [-0.2, 0) is 4.79 Å². The molecule has 0 aliphatic heterocycles. The Hall–Kier alpha value is -1.71. The number of carboxylic acid groups (broad SMARTS) is 1. The van der Waals surface area contributed by atoms with Crippen molar-refractivity contribution in [2.45, 2.75) is 123 Å². The van der Waals surface area contributed by atoms with Crippen molar-refractivity contribution in [3.05, 3.63) is 24.3 Å². The van der Waals surface area contributed by atoms with Crippen molar-refractivity contribution in [2.75, 3.05) is 24.6 Å². The average Bonchev–Trinajstić information content (AvgIpc) is 2.82. The molecule has 1 aromatic rings. The van der Waals surface area contributed by atoms with Gasteiger partial charge in [0.1, 0.15) is 5.75 Å². The van der Waals surface area contributed by atoms with E-state index in [1.165, 1.54) is 115 Å². The molecule has 4 nitrogen and oxygen atoms in total. The summed E-state index contributed by atoms with van der Waals surface area (Å²) >= 11 is 0. The summed E-state index contributed by atoms with van der Waals surface area (Å²) in [4.78, 5) is 13.2. The van der Waals surface area contributed by atoms with Crippen molar-refractivity contribution in [3.63, 3.8) is 0 Å². The Morgan fingerprint density at radius 2 is 1.06 bits per heavy atom. The maximum atomic E-state index is 10.7. The van der Waals surface area contributed by atoms with Crippen LogP contribution in [0.2, 0.25) is 0 Å². The van der Waals surface area contributed by atoms with Crippen LogP contribution in [0.25, 0.3) is 0 Å². The van der Waals surface area contributed by atoms with Gasteiger partial charge in [-0.2, -0.15) is 0 Å². The summed E-state index contributed by atoms with van der Waals surface area (Å²) in [6.45, 7) is 6.45. The molecule has 0 atom stereocenters. The second-order valence-corrected chi connectivity index (χ2v) is 9.47. The van der Waals surface area contributed by atoms with Gasteiger partial charge in [0.2, 0.25) is 0 Å². The fraction of sp³-hybridized carbons (Fsp3) is 0.759. The van der Waals surface area contributed by atoms with Crippen LogP contribution in [0.1, 0.15) is 123 Å². The van der Waals surface area contributed by atoms with Crippen LogP contribution in [0.15, 0.2) is 24.3 Å². The van der Waals surface area contributed by atoms with Gasteiger partial charge in [-0.25, -0.2) is 4.79 Å². The highest BCUT2D eigenvalue weighted by Gasteiger charge is 2.08. The topological polar surface area (TPSA) is 49.8 Å². The van der Waals surface area contributed by atoms with E-state index in [2.05, 4.69) is 30.9 Å². The van der Waals surface area contributed by atoms with Gasteiger partial charge in [-0.3, -0.25) is 0 Å². The summed E-state index contributed by atoms with van der Waals surface area (Å²) in [5.74, 6) is -0.323. The van der Waals surface area contributed by atoms with Crippen LogP contribution in [0.5, 0.6) is 5.75 Å². The maximum absolute atomic E-state index is 10.7. The Kier molecular flexibility index (Phi) is 18.5. The first-order chi connectivity index (χ1) is 16.2. The molecule has 0 bridgehead atoms. The number of carbonyl (C=O) groups is 1. The van der Waals surface area contributed by atoms with E-state index in [1.54, 1.807) is 0 Å². The SMILES string of the molecule is CCCCCCCCCCCCN(CCCCCCCCC)c1ccc(OCC(=O)O)cc1. The third-order valence-electron chi connectivity index (χ3n) is 6.38. The van der Waals surface area contributed by atoms with Crippen LogP contribution in [0.3, 0.4) is 0 Å². The molecule has 0 radical (unpaired) electrons. The standard InChI is InChI=1S/C29H51NO3/c1-3-5-7-9-11-12-13-15-17-19-25-30(24-18-16-14-10-8-6-4-2)27-20-22-28(23-21-27)33-26-29(31)32/h20-23H,3-19,24-26H2,1-2H3,(H,31,32). The van der Waals surface area contributed by atoms with E-state index >= 15 is 0 Å². The molecular weight excluding hydrogens is 410 g/mol. The number of rotatable bonds is 23. The van der Waals surface area contributed by atoms with Gasteiger partial charge < -0.3 is 14.7 Å². The van der Waals surface area contributed by atoms with Gasteiger partial charge in [0.05, 0.1) is 0 Å². The normalized spacial score (nSPS) is 11.0. The maximum Gasteiger partial charge on any atom is 0.341 e. The minimum Gasteiger partial charge on any atom is -0.482 e. The Morgan fingerprint density at radius 3 is 1.45 bits per heavy atom. The highest BCUT2D eigenvalue weighted by Crippen LogP contribution is 2.21. The minimum atomic E-state index is -0.944. The van der Waals surface area contributed by atoms with Crippen LogP contribution >= 0.6 is 0 Å². The molecule has 33 heavy (non-hydrogen) atoms. The lowest BCUT2D eigenvalue weighted by molar-refractivity contribution is -0.139. The smallest absolute Gasteiger partial charge is 0.341 e. The predicted molar refractivity (Wildman–Crippen MR) is 142 cm³/mol. The molecule has 1 aromatic carbocycles. The van der Waals surface area contributed by atoms with E-state index in [0.717, 1.165) is 13.1 Å². The summed E-state index contributed by atoms with van der Waals surface area (Å²) in [7, 11) is 0. The van der Waals surface area contributed by atoms with E-state index in [-0.39, 0.29) is 6.61 Å². The molecule has 1 N–H and O–H groups in total. The Morgan fingerprint density at radius 1 is 0.667 bits per heavy atom. The number of carboxylic acids is 1. The summed E-state index contributed by atoms with van der Waals surface area (Å²) in [6.07, 6.45) is 22.9. The van der Waals surface area contributed by atoms with E-state index in [1.807, 2.05) is 12.1 Å². The molecule has 0 saturated heterocycles. The van der Waals surface area contributed by atoms with Crippen molar-refractivity contribution in [2.24, 2.45) is 0 Å². The second-order valence-electron chi connectivity index (χ2n) is 9.47. The largest absolute Gasteiger partial charge is 0.482 e. The first-order valence-electron chi connectivity index (χ1n) is 13.9. The van der Waals surface area contributed by atoms with E-state index in [9.17, 15) is 4.79 Å². The molecule has 0 aliphatic rings. The van der Waals surface area contributed by atoms with Crippen molar-refractivity contribution in [1.82, 2.24) is 0 Å². The highest BCUT2D eigenvalue weighted by atomic mass is 16.5. The Balaban J connectivity index is 2.37. The minimum absolute atomic E-state index is 0.292. The average molecular weight is 462 g/mol. The predicted octanol–water partition coefficient (Wildman–Crippen LogP) is 8.63. The van der Waals surface area contributed by atoms with Gasteiger partial charge in [-0.15, -0.1) is 0 Å². The van der Waals surface area contributed by atoms with Crippen LogP contribution in [0.4, 0.5) is 5.69 Å². The molecule has 4 heteroatoms. The molecule has 0 unspecified atom stereocenters. The molecule has 0 heterocycles. The number of nitrogens with zero attached hydrogens (tertiary/aromatic N) is 1. The molecule has 190 valence electrons. The summed E-state index contributed by atoms with van der Waals surface area (Å²) in [6, 6.07) is 7.95. The lowest BCUT2D eigenvalue weighted by Crippen LogP contribution is -2.25. The summed E-state index contributed by atoms with van der Waals surface area (Å²) in [5, 5.41) is 8.80. The Labute approximate surface area is 204 Å². The van der Waals surface area contributed by atoms with Gasteiger partial charge in [0.15, 0.2) is 6.61 Å². The van der Waals surface area contributed by atoms with Crippen LogP contribution in [-0.4, -0.2) is 30.8 Å². The number of unbranched alkanes of at least 4 members (excludes halogenated alkanes) is 15. The molecule has 0 amide bonds. The van der Waals surface area contributed by atoms with Crippen molar-refractivity contribution >= 4 is 11.7 Å². The molecule has 0 spiro atoms. The zero-order chi connectivity index (χ0) is 24.0. The molecule has 0 aromatic heterocycles. The number of aliphatic carboxylic acids is 1. The first kappa shape index (κ1) is 29.3. The van der Waals surface area contributed by atoms with Crippen molar-refractivity contribution in [1.29, 1.82) is 0 Å². The number of hydrogen-bond donors (Lipinski definition) is 1. The molecular formula is C29H51NO3. The molecule has 1 rings (SSSR count). The van der Waals surface area contributed by atoms with E-state index < -0.39 is 5.97 Å². The zero-order valence-corrected chi connectivity index (χ0v) is 21.7. The summed E-state index contributed by atoms with van der Waals surface area (Å²) < 4.78 is 5.30. The van der Waals surface area contributed by atoms with Crippen molar-refractivity contribution < 1.29 is 14.6 Å². The monoisotopic (exact) mass is 461 g/mol. The number of hydrogen-bond acceptors (Lipinski definition) is 3. The van der Waals surface area contributed by atoms with Gasteiger partial charge in [0.25, 0.3) is 0 Å². The quantitative estimate of drug-likeness (QED) is 0.166. The third-order valence-corrected chi connectivity index (χ3v) is 6.38. The number of anilines is 1. The molecule has 0 fully saturated rings. The van der Waals surface area contributed by atoms with Gasteiger partial charge in [-0.05, 0) is 37.1 Å².